The number of hydrogen-bond donors (Lipinski definition) is 1. The number of anilines is 1. The number of unbranched alkanes of at least 4 members (excludes halogenated alkanes) is 3. The molecule has 2 heteroatoms. The van der Waals surface area contributed by atoms with Crippen LogP contribution in [0.3, 0.4) is 0 Å². The maximum absolute atomic E-state index is 3.65. The third kappa shape index (κ3) is 3.99. The van der Waals surface area contributed by atoms with E-state index in [4.69, 9.17) is 0 Å². The van der Waals surface area contributed by atoms with Gasteiger partial charge in [0.1, 0.15) is 0 Å². The van der Waals surface area contributed by atoms with E-state index in [-0.39, 0.29) is 0 Å². The number of rotatable bonds is 7. The Morgan fingerprint density at radius 1 is 1.15 bits per heavy atom. The number of para-hydroxylation sites is 1. The Labute approximate surface area is 124 Å². The van der Waals surface area contributed by atoms with E-state index in [1.165, 1.54) is 62.9 Å². The van der Waals surface area contributed by atoms with Gasteiger partial charge in [0.25, 0.3) is 0 Å². The number of fused-ring (bicyclic) bond motifs is 1. The lowest BCUT2D eigenvalue weighted by Gasteiger charge is -2.26. The van der Waals surface area contributed by atoms with Crippen LogP contribution in [-0.2, 0) is 0 Å². The van der Waals surface area contributed by atoms with E-state index in [0.717, 1.165) is 6.54 Å². The van der Waals surface area contributed by atoms with Gasteiger partial charge in [0.05, 0.1) is 0 Å². The lowest BCUT2D eigenvalue weighted by molar-refractivity contribution is 0.510. The Morgan fingerprint density at radius 2 is 2.00 bits per heavy atom. The zero-order valence-corrected chi connectivity index (χ0v) is 13.2. The summed E-state index contributed by atoms with van der Waals surface area (Å²) in [5.41, 5.74) is 2.97. The van der Waals surface area contributed by atoms with Crippen LogP contribution in [0.25, 0.3) is 0 Å². The molecule has 2 nitrogen and oxygen atoms in total. The molecule has 2 rings (SSSR count). The van der Waals surface area contributed by atoms with Crippen LogP contribution in [0.1, 0.15) is 64.0 Å². The van der Waals surface area contributed by atoms with Gasteiger partial charge < -0.3 is 10.2 Å². The molecular weight excluding hydrogens is 244 g/mol. The van der Waals surface area contributed by atoms with Gasteiger partial charge in [-0.15, -0.1) is 0 Å². The Kier molecular flexibility index (Phi) is 6.38. The van der Waals surface area contributed by atoms with Crippen molar-refractivity contribution in [3.05, 3.63) is 29.8 Å². The van der Waals surface area contributed by atoms with Crippen LogP contribution < -0.4 is 10.2 Å². The first kappa shape index (κ1) is 15.4. The largest absolute Gasteiger partial charge is 0.371 e. The molecular formula is C18H30N2. The summed E-state index contributed by atoms with van der Waals surface area (Å²) in [7, 11) is 0. The molecule has 1 aliphatic rings. The zero-order chi connectivity index (χ0) is 14.2. The highest BCUT2D eigenvalue weighted by atomic mass is 15.1. The van der Waals surface area contributed by atoms with E-state index in [9.17, 15) is 0 Å². The minimum Gasteiger partial charge on any atom is -0.371 e. The zero-order valence-electron chi connectivity index (χ0n) is 13.2. The quantitative estimate of drug-likeness (QED) is 0.736. The van der Waals surface area contributed by atoms with Crippen molar-refractivity contribution in [3.63, 3.8) is 0 Å². The van der Waals surface area contributed by atoms with Crippen molar-refractivity contribution >= 4 is 5.69 Å². The summed E-state index contributed by atoms with van der Waals surface area (Å²) in [6.45, 7) is 7.97. The monoisotopic (exact) mass is 274 g/mol. The summed E-state index contributed by atoms with van der Waals surface area (Å²) in [6, 6.07) is 9.53. The number of nitrogens with zero attached hydrogens (tertiary/aromatic N) is 1. The molecule has 1 unspecified atom stereocenters. The molecule has 0 spiro atoms. The molecule has 1 aromatic carbocycles. The molecule has 1 aliphatic heterocycles. The predicted molar refractivity (Wildman–Crippen MR) is 88.4 cm³/mol. The average molecular weight is 274 g/mol. The first-order chi connectivity index (χ1) is 9.86. The highest BCUT2D eigenvalue weighted by molar-refractivity contribution is 5.55. The number of hydrogen-bond acceptors (Lipinski definition) is 2. The fraction of sp³-hybridized carbons (Fsp3) is 0.667. The van der Waals surface area contributed by atoms with Gasteiger partial charge in [0.2, 0.25) is 0 Å². The molecule has 20 heavy (non-hydrogen) atoms. The van der Waals surface area contributed by atoms with Crippen molar-refractivity contribution in [1.29, 1.82) is 0 Å². The van der Waals surface area contributed by atoms with E-state index in [0.29, 0.717) is 6.04 Å². The summed E-state index contributed by atoms with van der Waals surface area (Å²) < 4.78 is 0. The molecule has 1 aromatic rings. The Morgan fingerprint density at radius 3 is 2.80 bits per heavy atom. The Hall–Kier alpha value is -1.02. The van der Waals surface area contributed by atoms with Crippen molar-refractivity contribution in [3.8, 4) is 0 Å². The van der Waals surface area contributed by atoms with Gasteiger partial charge in [-0.3, -0.25) is 0 Å². The standard InChI is InChI=1S/C18H30N2/c1-3-5-6-9-14-20-15-10-12-17(19-4-2)16-11-7-8-13-18(16)20/h7-8,11,13,17,19H,3-6,9-10,12,14-15H2,1-2H3. The first-order valence-electron chi connectivity index (χ1n) is 8.44. The molecule has 1 N–H and O–H groups in total. The van der Waals surface area contributed by atoms with E-state index >= 15 is 0 Å². The van der Waals surface area contributed by atoms with Gasteiger partial charge in [-0.2, -0.15) is 0 Å². The van der Waals surface area contributed by atoms with Crippen molar-refractivity contribution < 1.29 is 0 Å². The van der Waals surface area contributed by atoms with Crippen LogP contribution in [-0.4, -0.2) is 19.6 Å². The van der Waals surface area contributed by atoms with Crippen molar-refractivity contribution in [2.45, 2.75) is 58.4 Å². The second-order valence-electron chi connectivity index (χ2n) is 5.86. The van der Waals surface area contributed by atoms with Gasteiger partial charge in [-0.1, -0.05) is 51.3 Å². The average Bonchev–Trinajstić information content (AvgIpc) is 2.65. The summed E-state index contributed by atoms with van der Waals surface area (Å²) in [5, 5.41) is 3.65. The third-order valence-electron chi connectivity index (χ3n) is 4.31. The van der Waals surface area contributed by atoms with E-state index in [1.54, 1.807) is 0 Å². The fourth-order valence-electron chi connectivity index (χ4n) is 3.25. The van der Waals surface area contributed by atoms with Crippen LogP contribution in [0, 0.1) is 0 Å². The van der Waals surface area contributed by atoms with Crippen molar-refractivity contribution in [2.75, 3.05) is 24.5 Å². The summed E-state index contributed by atoms with van der Waals surface area (Å²) in [6.07, 6.45) is 7.94. The van der Waals surface area contributed by atoms with Crippen molar-refractivity contribution in [1.82, 2.24) is 5.32 Å². The summed E-state index contributed by atoms with van der Waals surface area (Å²) in [5.74, 6) is 0. The molecule has 0 aliphatic carbocycles. The first-order valence-corrected chi connectivity index (χ1v) is 8.44. The van der Waals surface area contributed by atoms with Crippen molar-refractivity contribution in [2.24, 2.45) is 0 Å². The summed E-state index contributed by atoms with van der Waals surface area (Å²) >= 11 is 0. The lowest BCUT2D eigenvalue weighted by atomic mass is 10.0. The predicted octanol–water partition coefficient (Wildman–Crippen LogP) is 4.52. The molecule has 0 aromatic heterocycles. The Bertz CT molecular complexity index is 389. The van der Waals surface area contributed by atoms with Gasteiger partial charge in [0, 0.05) is 24.8 Å². The van der Waals surface area contributed by atoms with Crippen LogP contribution in [0.2, 0.25) is 0 Å². The molecule has 0 saturated carbocycles. The second-order valence-corrected chi connectivity index (χ2v) is 5.86. The molecule has 0 fully saturated rings. The molecule has 0 bridgehead atoms. The van der Waals surface area contributed by atoms with Crippen LogP contribution in [0.5, 0.6) is 0 Å². The molecule has 112 valence electrons. The number of benzene rings is 1. The van der Waals surface area contributed by atoms with Crippen LogP contribution >= 0.6 is 0 Å². The van der Waals surface area contributed by atoms with Crippen LogP contribution in [0.15, 0.2) is 24.3 Å². The topological polar surface area (TPSA) is 15.3 Å². The third-order valence-corrected chi connectivity index (χ3v) is 4.31. The minimum atomic E-state index is 0.539. The highest BCUT2D eigenvalue weighted by Crippen LogP contribution is 2.32. The fourth-order valence-corrected chi connectivity index (χ4v) is 3.25. The van der Waals surface area contributed by atoms with Gasteiger partial charge in [0.15, 0.2) is 0 Å². The molecule has 0 radical (unpaired) electrons. The smallest absolute Gasteiger partial charge is 0.0414 e. The molecule has 0 amide bonds. The van der Waals surface area contributed by atoms with Gasteiger partial charge >= 0.3 is 0 Å². The lowest BCUT2D eigenvalue weighted by Crippen LogP contribution is -2.25. The molecule has 0 saturated heterocycles. The van der Waals surface area contributed by atoms with E-state index in [1.807, 2.05) is 0 Å². The Balaban J connectivity index is 2.07. The summed E-state index contributed by atoms with van der Waals surface area (Å²) in [4.78, 5) is 2.61. The molecule has 1 heterocycles. The SMILES string of the molecule is CCCCCCN1CCCC(NCC)c2ccccc21. The highest BCUT2D eigenvalue weighted by Gasteiger charge is 2.21. The normalized spacial score (nSPS) is 18.7. The van der Waals surface area contributed by atoms with Gasteiger partial charge in [-0.05, 0) is 37.4 Å². The number of nitrogens with one attached hydrogen (secondary N) is 1. The van der Waals surface area contributed by atoms with E-state index in [2.05, 4.69) is 48.3 Å². The minimum absolute atomic E-state index is 0.539. The van der Waals surface area contributed by atoms with Crippen LogP contribution in [0.4, 0.5) is 5.69 Å². The maximum atomic E-state index is 3.65. The second kappa shape index (κ2) is 8.31. The maximum Gasteiger partial charge on any atom is 0.0414 e. The molecule has 1 atom stereocenters. The van der Waals surface area contributed by atoms with E-state index < -0.39 is 0 Å². The van der Waals surface area contributed by atoms with Gasteiger partial charge in [-0.25, -0.2) is 0 Å².